The Hall–Kier alpha value is -1.37. The Morgan fingerprint density at radius 3 is 2.90 bits per heavy atom. The molecule has 1 heterocycles. The minimum atomic E-state index is -0.200. The Labute approximate surface area is 124 Å². The van der Waals surface area contributed by atoms with Crippen LogP contribution in [0.1, 0.15) is 10.4 Å². The maximum atomic E-state index is 12.0. The smallest absolute Gasteiger partial charge is 0.253 e. The van der Waals surface area contributed by atoms with Gasteiger partial charge >= 0.3 is 0 Å². The largest absolute Gasteiger partial charge is 0.383 e. The Bertz CT molecular complexity index is 442. The topological polar surface area (TPSA) is 66.5 Å². The van der Waals surface area contributed by atoms with Crippen molar-refractivity contribution in [3.63, 3.8) is 0 Å². The summed E-state index contributed by atoms with van der Waals surface area (Å²) in [4.78, 5) is 18.2. The fraction of sp³-hybridized carbons (Fsp3) is 0.538. The molecule has 2 N–H and O–H groups in total. The van der Waals surface area contributed by atoms with Gasteiger partial charge in [-0.25, -0.2) is 4.98 Å². The van der Waals surface area contributed by atoms with E-state index in [4.69, 9.17) is 16.3 Å². The number of methoxy groups -OCH3 is 1. The molecular formula is C13H21ClN4O2. The highest BCUT2D eigenvalue weighted by Crippen LogP contribution is 2.17. The Morgan fingerprint density at radius 1 is 1.50 bits per heavy atom. The second-order valence-electron chi connectivity index (χ2n) is 4.35. The molecule has 0 saturated carbocycles. The first-order valence-corrected chi connectivity index (χ1v) is 6.75. The van der Waals surface area contributed by atoms with Crippen molar-refractivity contribution < 1.29 is 9.53 Å². The molecule has 0 bridgehead atoms. The molecule has 1 amide bonds. The quantitative estimate of drug-likeness (QED) is 0.752. The van der Waals surface area contributed by atoms with Crippen LogP contribution in [-0.4, -0.2) is 63.2 Å². The van der Waals surface area contributed by atoms with Crippen molar-refractivity contribution in [2.45, 2.75) is 0 Å². The maximum absolute atomic E-state index is 12.0. The van der Waals surface area contributed by atoms with Crippen molar-refractivity contribution in [1.82, 2.24) is 15.2 Å². The summed E-state index contributed by atoms with van der Waals surface area (Å²) in [6.07, 6.45) is 1.47. The monoisotopic (exact) mass is 300 g/mol. The van der Waals surface area contributed by atoms with E-state index in [1.807, 2.05) is 7.05 Å². The van der Waals surface area contributed by atoms with Crippen LogP contribution in [-0.2, 0) is 4.74 Å². The van der Waals surface area contributed by atoms with Crippen molar-refractivity contribution in [1.29, 1.82) is 0 Å². The number of amides is 1. The van der Waals surface area contributed by atoms with E-state index < -0.39 is 0 Å². The number of hydrogen-bond donors (Lipinski definition) is 2. The number of nitrogens with zero attached hydrogens (tertiary/aromatic N) is 2. The van der Waals surface area contributed by atoms with Crippen LogP contribution in [0.2, 0.25) is 5.02 Å². The van der Waals surface area contributed by atoms with Gasteiger partial charge in [-0.15, -0.1) is 0 Å². The summed E-state index contributed by atoms with van der Waals surface area (Å²) in [6, 6.07) is 1.63. The zero-order valence-electron chi connectivity index (χ0n) is 12.1. The van der Waals surface area contributed by atoms with E-state index in [2.05, 4.69) is 20.5 Å². The Morgan fingerprint density at radius 2 is 2.25 bits per heavy atom. The van der Waals surface area contributed by atoms with Gasteiger partial charge < -0.3 is 20.3 Å². The lowest BCUT2D eigenvalue weighted by atomic mass is 10.2. The van der Waals surface area contributed by atoms with Gasteiger partial charge in [0, 0.05) is 40.0 Å². The maximum Gasteiger partial charge on any atom is 0.253 e. The SMILES string of the molecule is CNc1cc(C(=O)NCCN(C)CCOC)c(Cl)cn1. The van der Waals surface area contributed by atoms with E-state index in [0.29, 0.717) is 29.6 Å². The van der Waals surface area contributed by atoms with Crippen molar-refractivity contribution in [3.8, 4) is 0 Å². The molecule has 0 radical (unpaired) electrons. The third-order valence-electron chi connectivity index (χ3n) is 2.81. The van der Waals surface area contributed by atoms with Crippen LogP contribution in [0.3, 0.4) is 0 Å². The van der Waals surface area contributed by atoms with Crippen molar-refractivity contribution in [2.75, 3.05) is 52.8 Å². The number of pyridine rings is 1. The number of rotatable bonds is 8. The normalized spacial score (nSPS) is 10.7. The van der Waals surface area contributed by atoms with E-state index in [1.165, 1.54) is 6.20 Å². The molecule has 112 valence electrons. The molecule has 1 aromatic heterocycles. The van der Waals surface area contributed by atoms with E-state index in [9.17, 15) is 4.79 Å². The predicted molar refractivity (Wildman–Crippen MR) is 80.5 cm³/mol. The summed E-state index contributed by atoms with van der Waals surface area (Å²) in [5.74, 6) is 0.408. The average molecular weight is 301 g/mol. The Kier molecular flexibility index (Phi) is 7.28. The number of likely N-dealkylation sites (N-methyl/N-ethyl adjacent to an activating group) is 1. The minimum Gasteiger partial charge on any atom is -0.383 e. The van der Waals surface area contributed by atoms with Gasteiger partial charge in [0.15, 0.2) is 0 Å². The molecule has 0 aliphatic rings. The average Bonchev–Trinajstić information content (AvgIpc) is 2.45. The fourth-order valence-corrected chi connectivity index (χ4v) is 1.75. The fourth-order valence-electron chi connectivity index (χ4n) is 1.56. The number of carbonyl (C=O) groups is 1. The van der Waals surface area contributed by atoms with Crippen LogP contribution in [0, 0.1) is 0 Å². The van der Waals surface area contributed by atoms with Gasteiger partial charge in [-0.05, 0) is 13.1 Å². The van der Waals surface area contributed by atoms with Crippen LogP contribution in [0.25, 0.3) is 0 Å². The van der Waals surface area contributed by atoms with Crippen molar-refractivity contribution in [3.05, 3.63) is 22.8 Å². The molecule has 1 rings (SSSR count). The van der Waals surface area contributed by atoms with Gasteiger partial charge in [-0.2, -0.15) is 0 Å². The van der Waals surface area contributed by atoms with Crippen molar-refractivity contribution in [2.24, 2.45) is 0 Å². The molecule has 0 aliphatic heterocycles. The number of aromatic nitrogens is 1. The first kappa shape index (κ1) is 16.7. The molecule has 0 aliphatic carbocycles. The van der Waals surface area contributed by atoms with E-state index in [1.54, 1.807) is 20.2 Å². The number of hydrogen-bond acceptors (Lipinski definition) is 5. The summed E-state index contributed by atoms with van der Waals surface area (Å²) >= 11 is 5.98. The predicted octanol–water partition coefficient (Wildman–Crippen LogP) is 1.08. The molecule has 0 spiro atoms. The molecule has 7 heteroatoms. The molecular weight excluding hydrogens is 280 g/mol. The lowest BCUT2D eigenvalue weighted by Gasteiger charge is -2.16. The summed E-state index contributed by atoms with van der Waals surface area (Å²) in [5, 5.41) is 6.05. The van der Waals surface area contributed by atoms with Gasteiger partial charge in [0.25, 0.3) is 5.91 Å². The van der Waals surface area contributed by atoms with Gasteiger partial charge in [0.2, 0.25) is 0 Å². The highest BCUT2D eigenvalue weighted by molar-refractivity contribution is 6.33. The molecule has 0 saturated heterocycles. The lowest BCUT2D eigenvalue weighted by Crippen LogP contribution is -2.34. The van der Waals surface area contributed by atoms with E-state index in [0.717, 1.165) is 13.1 Å². The number of halogens is 1. The first-order chi connectivity index (χ1) is 9.58. The molecule has 20 heavy (non-hydrogen) atoms. The molecule has 0 aromatic carbocycles. The molecule has 0 unspecified atom stereocenters. The lowest BCUT2D eigenvalue weighted by molar-refractivity contribution is 0.0947. The van der Waals surface area contributed by atoms with Crippen molar-refractivity contribution >= 4 is 23.3 Å². The van der Waals surface area contributed by atoms with Gasteiger partial charge in [-0.3, -0.25) is 4.79 Å². The molecule has 1 aromatic rings. The summed E-state index contributed by atoms with van der Waals surface area (Å²) in [6.45, 7) is 2.79. The third-order valence-corrected chi connectivity index (χ3v) is 3.11. The summed E-state index contributed by atoms with van der Waals surface area (Å²) in [7, 11) is 5.38. The summed E-state index contributed by atoms with van der Waals surface area (Å²) in [5.41, 5.74) is 0.422. The standard InChI is InChI=1S/C13H21ClN4O2/c1-15-12-8-10(11(14)9-17-12)13(19)16-4-5-18(2)6-7-20-3/h8-9H,4-7H2,1-3H3,(H,15,17)(H,16,19). The second kappa shape index (κ2) is 8.73. The highest BCUT2D eigenvalue weighted by atomic mass is 35.5. The van der Waals surface area contributed by atoms with Crippen LogP contribution >= 0.6 is 11.6 Å². The third kappa shape index (κ3) is 5.32. The summed E-state index contributed by atoms with van der Waals surface area (Å²) < 4.78 is 4.99. The van der Waals surface area contributed by atoms with Crippen LogP contribution in [0.4, 0.5) is 5.82 Å². The second-order valence-corrected chi connectivity index (χ2v) is 4.76. The number of anilines is 1. The number of nitrogens with one attached hydrogen (secondary N) is 2. The van der Waals surface area contributed by atoms with Crippen LogP contribution < -0.4 is 10.6 Å². The highest BCUT2D eigenvalue weighted by Gasteiger charge is 2.11. The van der Waals surface area contributed by atoms with E-state index in [-0.39, 0.29) is 5.91 Å². The van der Waals surface area contributed by atoms with Crippen LogP contribution in [0.15, 0.2) is 12.3 Å². The van der Waals surface area contributed by atoms with Gasteiger partial charge in [0.05, 0.1) is 17.2 Å². The molecule has 0 atom stereocenters. The van der Waals surface area contributed by atoms with Gasteiger partial charge in [0.1, 0.15) is 5.82 Å². The molecule has 0 fully saturated rings. The first-order valence-electron chi connectivity index (χ1n) is 6.37. The minimum absolute atomic E-state index is 0.200. The Balaban J connectivity index is 2.46. The van der Waals surface area contributed by atoms with Gasteiger partial charge in [-0.1, -0.05) is 11.6 Å². The number of carbonyl (C=O) groups excluding carboxylic acids is 1. The van der Waals surface area contributed by atoms with Crippen LogP contribution in [0.5, 0.6) is 0 Å². The zero-order chi connectivity index (χ0) is 15.0. The molecule has 6 nitrogen and oxygen atoms in total. The number of ether oxygens (including phenoxy) is 1. The zero-order valence-corrected chi connectivity index (χ0v) is 12.8. The van der Waals surface area contributed by atoms with E-state index >= 15 is 0 Å².